The smallest absolute Gasteiger partial charge is 0.231 e. The Morgan fingerprint density at radius 2 is 2.19 bits per heavy atom. The van der Waals surface area contributed by atoms with E-state index in [2.05, 4.69) is 22.1 Å². The van der Waals surface area contributed by atoms with E-state index >= 15 is 0 Å². The summed E-state index contributed by atoms with van der Waals surface area (Å²) in [6.45, 7) is 1.10. The maximum Gasteiger partial charge on any atom is 0.231 e. The molecule has 0 amide bonds. The average molecular weight is 355 g/mol. The molecule has 0 fully saturated rings. The number of nitrogens with zero attached hydrogens (tertiary/aromatic N) is 3. The lowest BCUT2D eigenvalue weighted by molar-refractivity contribution is 0.170. The molecule has 1 N–H and O–H groups in total. The van der Waals surface area contributed by atoms with Gasteiger partial charge in [-0.25, -0.2) is 0 Å². The van der Waals surface area contributed by atoms with E-state index < -0.39 is 0 Å². The molecular weight excluding hydrogens is 334 g/mol. The lowest BCUT2D eigenvalue weighted by Gasteiger charge is -2.36. The standard InChI is InChI=1S/C19H21N3O4/c1-22-8-5-13-9-16-18(26-11-25-16)19(24-2)17(13)15(22)10-14(21-23)12-3-6-20-7-4-12/h3-4,6-7,9,15,23H,5,8,10-11H2,1-2H3/b21-14-/t15-/m1/s1. The van der Waals surface area contributed by atoms with E-state index in [9.17, 15) is 5.21 Å². The SMILES string of the molecule is COc1c2c(cc3c1[C@@H](C/C(=N/O)c1ccncc1)N(C)CC3)OCO2. The normalized spacial score (nSPS) is 19.3. The van der Waals surface area contributed by atoms with Gasteiger partial charge in [-0.2, -0.15) is 0 Å². The van der Waals surface area contributed by atoms with E-state index in [1.807, 2.05) is 18.2 Å². The zero-order chi connectivity index (χ0) is 18.1. The predicted octanol–water partition coefficient (Wildman–Crippen LogP) is 2.62. The van der Waals surface area contributed by atoms with Crippen LogP contribution in [0.4, 0.5) is 0 Å². The van der Waals surface area contributed by atoms with Gasteiger partial charge in [-0.15, -0.1) is 0 Å². The molecule has 1 aromatic heterocycles. The van der Waals surface area contributed by atoms with E-state index in [-0.39, 0.29) is 12.8 Å². The monoisotopic (exact) mass is 355 g/mol. The number of ether oxygens (including phenoxy) is 3. The molecular formula is C19H21N3O4. The topological polar surface area (TPSA) is 76.4 Å². The quantitative estimate of drug-likeness (QED) is 0.516. The number of hydrogen-bond acceptors (Lipinski definition) is 7. The fraction of sp³-hybridized carbons (Fsp3) is 0.368. The van der Waals surface area contributed by atoms with Crippen molar-refractivity contribution in [1.82, 2.24) is 9.88 Å². The maximum absolute atomic E-state index is 9.60. The van der Waals surface area contributed by atoms with Crippen molar-refractivity contribution in [2.24, 2.45) is 5.16 Å². The first kappa shape index (κ1) is 16.7. The third-order valence-corrected chi connectivity index (χ3v) is 5.07. The Morgan fingerprint density at radius 3 is 2.92 bits per heavy atom. The Morgan fingerprint density at radius 1 is 1.38 bits per heavy atom. The zero-order valence-corrected chi connectivity index (χ0v) is 14.8. The summed E-state index contributed by atoms with van der Waals surface area (Å²) in [7, 11) is 3.71. The number of oxime groups is 1. The number of hydrogen-bond donors (Lipinski definition) is 1. The van der Waals surface area contributed by atoms with Crippen molar-refractivity contribution in [2.45, 2.75) is 18.9 Å². The van der Waals surface area contributed by atoms with Crippen molar-refractivity contribution >= 4 is 5.71 Å². The molecule has 0 radical (unpaired) electrons. The third kappa shape index (κ3) is 2.74. The fourth-order valence-corrected chi connectivity index (χ4v) is 3.73. The maximum atomic E-state index is 9.60. The van der Waals surface area contributed by atoms with Gasteiger partial charge in [-0.05, 0) is 37.2 Å². The number of aromatic nitrogens is 1. The molecule has 1 aromatic carbocycles. The summed E-state index contributed by atoms with van der Waals surface area (Å²) in [5, 5.41) is 13.2. The number of rotatable bonds is 4. The first-order valence-electron chi connectivity index (χ1n) is 8.54. The molecule has 7 nitrogen and oxygen atoms in total. The van der Waals surface area contributed by atoms with Crippen LogP contribution >= 0.6 is 0 Å². The van der Waals surface area contributed by atoms with Crippen molar-refractivity contribution in [1.29, 1.82) is 0 Å². The molecule has 2 aliphatic rings. The van der Waals surface area contributed by atoms with Gasteiger partial charge in [-0.1, -0.05) is 5.16 Å². The van der Waals surface area contributed by atoms with Crippen LogP contribution in [-0.2, 0) is 6.42 Å². The molecule has 2 aliphatic heterocycles. The number of benzene rings is 1. The minimum atomic E-state index is 0.00210. The Kier molecular flexibility index (Phi) is 4.38. The Bertz CT molecular complexity index is 838. The summed E-state index contributed by atoms with van der Waals surface area (Å²) in [6.07, 6.45) is 4.82. The van der Waals surface area contributed by atoms with Crippen LogP contribution in [0.15, 0.2) is 35.7 Å². The van der Waals surface area contributed by atoms with Gasteiger partial charge in [0, 0.05) is 42.5 Å². The van der Waals surface area contributed by atoms with Crippen molar-refractivity contribution in [2.75, 3.05) is 27.5 Å². The lowest BCUT2D eigenvalue weighted by atomic mass is 9.87. The summed E-state index contributed by atoms with van der Waals surface area (Å²) >= 11 is 0. The van der Waals surface area contributed by atoms with Crippen LogP contribution in [0.2, 0.25) is 0 Å². The van der Waals surface area contributed by atoms with Crippen molar-refractivity contribution in [3.05, 3.63) is 47.3 Å². The second-order valence-corrected chi connectivity index (χ2v) is 6.45. The molecule has 0 saturated heterocycles. The number of pyridine rings is 1. The summed E-state index contributed by atoms with van der Waals surface area (Å²) < 4.78 is 16.9. The van der Waals surface area contributed by atoms with Crippen LogP contribution in [0.25, 0.3) is 0 Å². The Balaban J connectivity index is 1.76. The zero-order valence-electron chi connectivity index (χ0n) is 14.8. The van der Waals surface area contributed by atoms with Gasteiger partial charge in [-0.3, -0.25) is 9.88 Å². The van der Waals surface area contributed by atoms with E-state index in [1.54, 1.807) is 19.5 Å². The molecule has 0 saturated carbocycles. The van der Waals surface area contributed by atoms with Gasteiger partial charge in [0.2, 0.25) is 12.5 Å². The second-order valence-electron chi connectivity index (χ2n) is 6.45. The van der Waals surface area contributed by atoms with Gasteiger partial charge in [0.25, 0.3) is 0 Å². The number of methoxy groups -OCH3 is 1. The van der Waals surface area contributed by atoms with Crippen molar-refractivity contribution < 1.29 is 19.4 Å². The van der Waals surface area contributed by atoms with E-state index in [1.165, 1.54) is 5.56 Å². The minimum Gasteiger partial charge on any atom is -0.492 e. The first-order chi connectivity index (χ1) is 12.7. The lowest BCUT2D eigenvalue weighted by Crippen LogP contribution is -2.34. The molecule has 26 heavy (non-hydrogen) atoms. The summed E-state index contributed by atoms with van der Waals surface area (Å²) in [5.74, 6) is 2.09. The molecule has 136 valence electrons. The molecule has 3 heterocycles. The van der Waals surface area contributed by atoms with Crippen LogP contribution < -0.4 is 14.2 Å². The highest BCUT2D eigenvalue weighted by Gasteiger charge is 2.34. The third-order valence-electron chi connectivity index (χ3n) is 5.07. The molecule has 0 bridgehead atoms. The van der Waals surface area contributed by atoms with Gasteiger partial charge in [0.15, 0.2) is 11.5 Å². The van der Waals surface area contributed by atoms with E-state index in [0.29, 0.717) is 23.6 Å². The highest BCUT2D eigenvalue weighted by atomic mass is 16.7. The van der Waals surface area contributed by atoms with Crippen LogP contribution in [0.1, 0.15) is 29.2 Å². The summed E-state index contributed by atoms with van der Waals surface area (Å²) in [6, 6.07) is 5.73. The molecule has 0 aliphatic carbocycles. The van der Waals surface area contributed by atoms with E-state index in [4.69, 9.17) is 14.2 Å². The summed E-state index contributed by atoms with van der Waals surface area (Å²) in [5.41, 5.74) is 3.71. The van der Waals surface area contributed by atoms with Crippen molar-refractivity contribution in [3.8, 4) is 17.2 Å². The summed E-state index contributed by atoms with van der Waals surface area (Å²) in [4.78, 5) is 6.28. The Labute approximate surface area is 151 Å². The van der Waals surface area contributed by atoms with Gasteiger partial charge < -0.3 is 19.4 Å². The Hall–Kier alpha value is -2.80. The highest BCUT2D eigenvalue weighted by Crippen LogP contribution is 2.50. The predicted molar refractivity (Wildman–Crippen MR) is 95.4 cm³/mol. The number of likely N-dealkylation sites (N-methyl/N-ethyl adjacent to an activating group) is 1. The molecule has 4 rings (SSSR count). The minimum absolute atomic E-state index is 0.00210. The van der Waals surface area contributed by atoms with Gasteiger partial charge >= 0.3 is 0 Å². The molecule has 7 heteroatoms. The molecule has 2 aromatic rings. The first-order valence-corrected chi connectivity index (χ1v) is 8.54. The van der Waals surface area contributed by atoms with Crippen molar-refractivity contribution in [3.63, 3.8) is 0 Å². The van der Waals surface area contributed by atoms with Crippen LogP contribution in [-0.4, -0.2) is 48.3 Å². The van der Waals surface area contributed by atoms with Crippen LogP contribution in [0.3, 0.4) is 0 Å². The van der Waals surface area contributed by atoms with Gasteiger partial charge in [0.05, 0.1) is 12.8 Å². The van der Waals surface area contributed by atoms with E-state index in [0.717, 1.165) is 29.8 Å². The van der Waals surface area contributed by atoms with Crippen LogP contribution in [0, 0.1) is 0 Å². The molecule has 1 atom stereocenters. The second kappa shape index (κ2) is 6.84. The van der Waals surface area contributed by atoms with Gasteiger partial charge in [0.1, 0.15) is 0 Å². The molecule has 0 unspecified atom stereocenters. The largest absolute Gasteiger partial charge is 0.492 e. The molecule has 0 spiro atoms. The number of fused-ring (bicyclic) bond motifs is 2. The van der Waals surface area contributed by atoms with Crippen LogP contribution in [0.5, 0.6) is 17.2 Å². The fourth-order valence-electron chi connectivity index (χ4n) is 3.73. The average Bonchev–Trinajstić information content (AvgIpc) is 3.14. The highest BCUT2D eigenvalue weighted by molar-refractivity contribution is 6.00.